The molecule has 8 heteroatoms. The van der Waals surface area contributed by atoms with Gasteiger partial charge in [0.1, 0.15) is 0 Å². The van der Waals surface area contributed by atoms with Gasteiger partial charge < -0.3 is 10.6 Å². The molecule has 2 aromatic rings. The zero-order valence-electron chi connectivity index (χ0n) is 14.3. The Morgan fingerprint density at radius 1 is 1.15 bits per heavy atom. The lowest BCUT2D eigenvalue weighted by Gasteiger charge is -2.09. The van der Waals surface area contributed by atoms with Gasteiger partial charge in [-0.3, -0.25) is 19.7 Å². The van der Waals surface area contributed by atoms with Crippen LogP contribution >= 0.6 is 11.6 Å². The Labute approximate surface area is 155 Å². The zero-order valence-corrected chi connectivity index (χ0v) is 15.0. The van der Waals surface area contributed by atoms with Crippen LogP contribution in [0.5, 0.6) is 0 Å². The number of halogens is 1. The van der Waals surface area contributed by atoms with Crippen molar-refractivity contribution < 1.29 is 14.5 Å². The minimum Gasteiger partial charge on any atom is -0.348 e. The monoisotopic (exact) mass is 375 g/mol. The van der Waals surface area contributed by atoms with E-state index in [1.807, 2.05) is 13.8 Å². The standard InChI is InChI=1S/C18H18ClN3O4/c1-11(2)17(23)21-13-5-3-12(4-6-13)10-20-18(24)15-8-7-14(22(25)26)9-16(15)19/h3-9,11H,10H2,1-2H3,(H,20,24)(H,21,23). The predicted octanol–water partition coefficient (Wildman–Crippen LogP) is 3.77. The lowest BCUT2D eigenvalue weighted by molar-refractivity contribution is -0.384. The van der Waals surface area contributed by atoms with Gasteiger partial charge in [-0.15, -0.1) is 0 Å². The molecule has 0 atom stereocenters. The molecular formula is C18H18ClN3O4. The summed E-state index contributed by atoms with van der Waals surface area (Å²) in [5.74, 6) is -0.610. The van der Waals surface area contributed by atoms with Crippen LogP contribution in [0.1, 0.15) is 29.8 Å². The Morgan fingerprint density at radius 3 is 2.35 bits per heavy atom. The van der Waals surface area contributed by atoms with E-state index in [1.165, 1.54) is 12.1 Å². The van der Waals surface area contributed by atoms with Crippen molar-refractivity contribution in [1.82, 2.24) is 5.32 Å². The average molecular weight is 376 g/mol. The van der Waals surface area contributed by atoms with Gasteiger partial charge in [-0.1, -0.05) is 37.6 Å². The van der Waals surface area contributed by atoms with Crippen LogP contribution in [-0.2, 0) is 11.3 Å². The van der Waals surface area contributed by atoms with Crippen LogP contribution in [0.3, 0.4) is 0 Å². The maximum Gasteiger partial charge on any atom is 0.270 e. The number of nitrogens with zero attached hydrogens (tertiary/aromatic N) is 1. The van der Waals surface area contributed by atoms with Crippen molar-refractivity contribution in [2.45, 2.75) is 20.4 Å². The minimum absolute atomic E-state index is 0.0171. The van der Waals surface area contributed by atoms with Crippen molar-refractivity contribution in [2.24, 2.45) is 5.92 Å². The molecule has 7 nitrogen and oxygen atoms in total. The van der Waals surface area contributed by atoms with Crippen LogP contribution in [0, 0.1) is 16.0 Å². The van der Waals surface area contributed by atoms with E-state index in [-0.39, 0.29) is 34.6 Å². The summed E-state index contributed by atoms with van der Waals surface area (Å²) in [6, 6.07) is 10.8. The number of nitro benzene ring substituents is 1. The van der Waals surface area contributed by atoms with E-state index in [0.717, 1.165) is 11.6 Å². The fourth-order valence-corrected chi connectivity index (χ4v) is 2.33. The molecule has 0 saturated carbocycles. The van der Waals surface area contributed by atoms with Crippen molar-refractivity contribution in [2.75, 3.05) is 5.32 Å². The summed E-state index contributed by atoms with van der Waals surface area (Å²) in [4.78, 5) is 33.9. The normalized spacial score (nSPS) is 10.5. The van der Waals surface area contributed by atoms with E-state index >= 15 is 0 Å². The largest absolute Gasteiger partial charge is 0.348 e. The smallest absolute Gasteiger partial charge is 0.270 e. The lowest BCUT2D eigenvalue weighted by atomic mass is 10.1. The van der Waals surface area contributed by atoms with E-state index < -0.39 is 10.8 Å². The van der Waals surface area contributed by atoms with Gasteiger partial charge in [-0.05, 0) is 23.8 Å². The molecule has 26 heavy (non-hydrogen) atoms. The molecule has 0 bridgehead atoms. The zero-order chi connectivity index (χ0) is 19.3. The van der Waals surface area contributed by atoms with Crippen LogP contribution in [0.2, 0.25) is 5.02 Å². The number of hydrogen-bond donors (Lipinski definition) is 2. The number of nitro groups is 1. The summed E-state index contributed by atoms with van der Waals surface area (Å²) in [7, 11) is 0. The molecule has 2 aromatic carbocycles. The van der Waals surface area contributed by atoms with Crippen molar-refractivity contribution >= 4 is 34.8 Å². The number of benzene rings is 2. The highest BCUT2D eigenvalue weighted by molar-refractivity contribution is 6.34. The highest BCUT2D eigenvalue weighted by Gasteiger charge is 2.14. The van der Waals surface area contributed by atoms with Gasteiger partial charge in [0.15, 0.2) is 0 Å². The maximum absolute atomic E-state index is 12.2. The Hall–Kier alpha value is -2.93. The molecule has 2 rings (SSSR count). The van der Waals surface area contributed by atoms with E-state index in [9.17, 15) is 19.7 Å². The first-order valence-electron chi connectivity index (χ1n) is 7.90. The van der Waals surface area contributed by atoms with Crippen molar-refractivity contribution in [3.63, 3.8) is 0 Å². The molecule has 0 heterocycles. The second kappa shape index (κ2) is 8.44. The van der Waals surface area contributed by atoms with Gasteiger partial charge in [-0.25, -0.2) is 0 Å². The third kappa shape index (κ3) is 5.03. The molecule has 0 unspecified atom stereocenters. The number of rotatable bonds is 6. The number of amides is 2. The third-order valence-electron chi connectivity index (χ3n) is 3.61. The van der Waals surface area contributed by atoms with Crippen LogP contribution in [0.15, 0.2) is 42.5 Å². The van der Waals surface area contributed by atoms with E-state index in [2.05, 4.69) is 10.6 Å². The molecule has 0 aromatic heterocycles. The second-order valence-electron chi connectivity index (χ2n) is 5.94. The van der Waals surface area contributed by atoms with Crippen LogP contribution in [0.4, 0.5) is 11.4 Å². The highest BCUT2D eigenvalue weighted by atomic mass is 35.5. The lowest BCUT2D eigenvalue weighted by Crippen LogP contribution is -2.23. The molecule has 2 N–H and O–H groups in total. The first-order chi connectivity index (χ1) is 12.3. The number of non-ortho nitro benzene ring substituents is 1. The number of anilines is 1. The minimum atomic E-state index is -0.576. The van der Waals surface area contributed by atoms with Gasteiger partial charge in [0.2, 0.25) is 5.91 Å². The van der Waals surface area contributed by atoms with E-state index in [0.29, 0.717) is 5.69 Å². The van der Waals surface area contributed by atoms with E-state index in [1.54, 1.807) is 24.3 Å². The predicted molar refractivity (Wildman–Crippen MR) is 99.2 cm³/mol. The summed E-state index contributed by atoms with van der Waals surface area (Å²) < 4.78 is 0. The van der Waals surface area contributed by atoms with Gasteiger partial charge in [-0.2, -0.15) is 0 Å². The second-order valence-corrected chi connectivity index (χ2v) is 6.35. The molecule has 0 aliphatic heterocycles. The van der Waals surface area contributed by atoms with Gasteiger partial charge in [0, 0.05) is 30.3 Å². The molecule has 0 aliphatic carbocycles. The first kappa shape index (κ1) is 19.4. The number of hydrogen-bond acceptors (Lipinski definition) is 4. The summed E-state index contributed by atoms with van der Waals surface area (Å²) in [6.45, 7) is 3.87. The highest BCUT2D eigenvalue weighted by Crippen LogP contribution is 2.22. The molecular weight excluding hydrogens is 358 g/mol. The topological polar surface area (TPSA) is 101 Å². The van der Waals surface area contributed by atoms with Crippen LogP contribution in [-0.4, -0.2) is 16.7 Å². The van der Waals surface area contributed by atoms with Crippen LogP contribution in [0.25, 0.3) is 0 Å². The summed E-state index contributed by atoms with van der Waals surface area (Å²) in [5, 5.41) is 16.2. The molecule has 0 radical (unpaired) electrons. The Morgan fingerprint density at radius 2 is 1.81 bits per heavy atom. The molecule has 136 valence electrons. The van der Waals surface area contributed by atoms with E-state index in [4.69, 9.17) is 11.6 Å². The van der Waals surface area contributed by atoms with Gasteiger partial charge >= 0.3 is 0 Å². The number of carbonyl (C=O) groups excluding carboxylic acids is 2. The molecule has 0 aliphatic rings. The third-order valence-corrected chi connectivity index (χ3v) is 3.92. The summed E-state index contributed by atoms with van der Waals surface area (Å²) >= 11 is 5.94. The molecule has 0 saturated heterocycles. The average Bonchev–Trinajstić information content (AvgIpc) is 2.60. The van der Waals surface area contributed by atoms with Crippen molar-refractivity contribution in [1.29, 1.82) is 0 Å². The molecule has 2 amide bonds. The summed E-state index contributed by atoms with van der Waals surface area (Å²) in [5.41, 5.74) is 1.50. The Bertz CT molecular complexity index is 835. The maximum atomic E-state index is 12.2. The fraction of sp³-hybridized carbons (Fsp3) is 0.222. The first-order valence-corrected chi connectivity index (χ1v) is 8.27. The van der Waals surface area contributed by atoms with Gasteiger partial charge in [0.25, 0.3) is 11.6 Å². The Balaban J connectivity index is 1.97. The fourth-order valence-electron chi connectivity index (χ4n) is 2.07. The SMILES string of the molecule is CC(C)C(=O)Nc1ccc(CNC(=O)c2ccc([N+](=O)[O-])cc2Cl)cc1. The van der Waals surface area contributed by atoms with Crippen molar-refractivity contribution in [3.05, 3.63) is 68.7 Å². The molecule has 0 fully saturated rings. The summed E-state index contributed by atoms with van der Waals surface area (Å²) in [6.07, 6.45) is 0. The van der Waals surface area contributed by atoms with Crippen molar-refractivity contribution in [3.8, 4) is 0 Å². The van der Waals surface area contributed by atoms with Crippen LogP contribution < -0.4 is 10.6 Å². The quantitative estimate of drug-likeness (QED) is 0.592. The number of carbonyl (C=O) groups is 2. The van der Waals surface area contributed by atoms with Gasteiger partial charge in [0.05, 0.1) is 15.5 Å². The number of nitrogens with one attached hydrogen (secondary N) is 2. The Kier molecular flexibility index (Phi) is 6.30. The molecule has 0 spiro atoms.